The SMILES string of the molecule is CC1CCCN1c1nc(Nc2ccc(N3CCCCC3)cc2)ncc1C(F)(F)F. The number of nitrogens with zero attached hydrogens (tertiary/aromatic N) is 4. The molecule has 1 N–H and O–H groups in total. The summed E-state index contributed by atoms with van der Waals surface area (Å²) in [6.07, 6.45) is 1.82. The van der Waals surface area contributed by atoms with E-state index in [1.165, 1.54) is 19.3 Å². The summed E-state index contributed by atoms with van der Waals surface area (Å²) >= 11 is 0. The number of halogens is 3. The molecule has 2 saturated heterocycles. The maximum atomic E-state index is 13.5. The van der Waals surface area contributed by atoms with Crippen LogP contribution in [0.5, 0.6) is 0 Å². The lowest BCUT2D eigenvalue weighted by Gasteiger charge is -2.29. The van der Waals surface area contributed by atoms with E-state index in [2.05, 4.69) is 20.2 Å². The van der Waals surface area contributed by atoms with Crippen molar-refractivity contribution in [2.45, 2.75) is 51.2 Å². The molecule has 29 heavy (non-hydrogen) atoms. The van der Waals surface area contributed by atoms with Crippen LogP contribution in [0.2, 0.25) is 0 Å². The van der Waals surface area contributed by atoms with Gasteiger partial charge in [0.2, 0.25) is 5.95 Å². The number of hydrogen-bond donors (Lipinski definition) is 1. The van der Waals surface area contributed by atoms with Crippen LogP contribution in [0, 0.1) is 0 Å². The fraction of sp³-hybridized carbons (Fsp3) is 0.524. The van der Waals surface area contributed by atoms with Gasteiger partial charge in [0, 0.05) is 43.2 Å². The average molecular weight is 405 g/mol. The first kappa shape index (κ1) is 19.8. The molecule has 156 valence electrons. The van der Waals surface area contributed by atoms with Crippen LogP contribution in [0.15, 0.2) is 30.5 Å². The van der Waals surface area contributed by atoms with Crippen LogP contribution in [0.1, 0.15) is 44.6 Å². The zero-order valence-corrected chi connectivity index (χ0v) is 16.5. The number of hydrogen-bond acceptors (Lipinski definition) is 5. The van der Waals surface area contributed by atoms with Gasteiger partial charge >= 0.3 is 6.18 Å². The van der Waals surface area contributed by atoms with Crippen molar-refractivity contribution in [1.82, 2.24) is 9.97 Å². The van der Waals surface area contributed by atoms with E-state index in [9.17, 15) is 13.2 Å². The van der Waals surface area contributed by atoms with Gasteiger partial charge in [-0.25, -0.2) is 4.98 Å². The van der Waals surface area contributed by atoms with E-state index >= 15 is 0 Å². The van der Waals surface area contributed by atoms with Gasteiger partial charge in [0.25, 0.3) is 0 Å². The Labute approximate surface area is 168 Å². The van der Waals surface area contributed by atoms with Crippen LogP contribution in [-0.2, 0) is 6.18 Å². The summed E-state index contributed by atoms with van der Waals surface area (Å²) in [7, 11) is 0. The molecule has 0 spiro atoms. The average Bonchev–Trinajstić information content (AvgIpc) is 3.14. The molecule has 3 heterocycles. The molecule has 1 unspecified atom stereocenters. The Hall–Kier alpha value is -2.51. The number of alkyl halides is 3. The molecule has 0 aliphatic carbocycles. The number of piperidine rings is 1. The molecule has 1 aromatic carbocycles. The summed E-state index contributed by atoms with van der Waals surface area (Å²) < 4.78 is 40.4. The zero-order valence-electron chi connectivity index (χ0n) is 16.5. The summed E-state index contributed by atoms with van der Waals surface area (Å²) in [5.74, 6) is 0.141. The van der Waals surface area contributed by atoms with Gasteiger partial charge in [-0.15, -0.1) is 0 Å². The molecule has 0 bridgehead atoms. The van der Waals surface area contributed by atoms with E-state index in [0.717, 1.165) is 43.5 Å². The van der Waals surface area contributed by atoms with E-state index in [1.807, 2.05) is 31.2 Å². The van der Waals surface area contributed by atoms with E-state index in [1.54, 1.807) is 4.90 Å². The van der Waals surface area contributed by atoms with Crippen molar-refractivity contribution in [1.29, 1.82) is 0 Å². The summed E-state index contributed by atoms with van der Waals surface area (Å²) in [5, 5.41) is 3.06. The summed E-state index contributed by atoms with van der Waals surface area (Å²) in [6, 6.07) is 7.93. The van der Waals surface area contributed by atoms with Crippen LogP contribution < -0.4 is 15.1 Å². The first-order valence-electron chi connectivity index (χ1n) is 10.2. The van der Waals surface area contributed by atoms with E-state index in [-0.39, 0.29) is 17.8 Å². The highest BCUT2D eigenvalue weighted by Gasteiger charge is 2.38. The predicted molar refractivity (Wildman–Crippen MR) is 109 cm³/mol. The molecule has 8 heteroatoms. The number of anilines is 4. The van der Waals surface area contributed by atoms with E-state index in [0.29, 0.717) is 6.54 Å². The lowest BCUT2D eigenvalue weighted by atomic mass is 10.1. The molecule has 0 amide bonds. The lowest BCUT2D eigenvalue weighted by Crippen LogP contribution is -2.30. The predicted octanol–water partition coefficient (Wildman–Crippen LogP) is 5.22. The Morgan fingerprint density at radius 1 is 1.00 bits per heavy atom. The number of benzene rings is 1. The van der Waals surface area contributed by atoms with Crippen LogP contribution in [0.3, 0.4) is 0 Å². The Bertz CT molecular complexity index is 831. The van der Waals surface area contributed by atoms with Crippen LogP contribution >= 0.6 is 0 Å². The van der Waals surface area contributed by atoms with Gasteiger partial charge < -0.3 is 15.1 Å². The fourth-order valence-corrected chi connectivity index (χ4v) is 4.14. The topological polar surface area (TPSA) is 44.3 Å². The molecule has 0 radical (unpaired) electrons. The van der Waals surface area contributed by atoms with Crippen molar-refractivity contribution in [2.24, 2.45) is 0 Å². The minimum absolute atomic E-state index is 0.0303. The van der Waals surface area contributed by atoms with E-state index < -0.39 is 11.7 Å². The number of nitrogens with one attached hydrogen (secondary N) is 1. The largest absolute Gasteiger partial charge is 0.421 e. The molecule has 1 aromatic heterocycles. The van der Waals surface area contributed by atoms with Gasteiger partial charge in [-0.3, -0.25) is 0 Å². The minimum Gasteiger partial charge on any atom is -0.372 e. The molecule has 0 saturated carbocycles. The standard InChI is InChI=1S/C21H26F3N5/c1-15-6-5-13-29(15)19-18(21(22,23)24)14-25-20(27-19)26-16-7-9-17(10-8-16)28-11-3-2-4-12-28/h7-10,14-15H,2-6,11-13H2,1H3,(H,25,26,27). The summed E-state index contributed by atoms with van der Waals surface area (Å²) in [5.41, 5.74) is 1.14. The van der Waals surface area contributed by atoms with Gasteiger partial charge in [0.1, 0.15) is 11.4 Å². The molecule has 2 aliphatic rings. The van der Waals surface area contributed by atoms with Gasteiger partial charge in [-0.1, -0.05) is 0 Å². The Balaban J connectivity index is 1.55. The highest BCUT2D eigenvalue weighted by atomic mass is 19.4. The minimum atomic E-state index is -4.48. The second-order valence-electron chi connectivity index (χ2n) is 7.83. The number of rotatable bonds is 4. The lowest BCUT2D eigenvalue weighted by molar-refractivity contribution is -0.137. The highest BCUT2D eigenvalue weighted by Crippen LogP contribution is 2.38. The third-order valence-corrected chi connectivity index (χ3v) is 5.74. The van der Waals surface area contributed by atoms with Crippen molar-refractivity contribution >= 4 is 23.1 Å². The van der Waals surface area contributed by atoms with Crippen LogP contribution in [0.25, 0.3) is 0 Å². The van der Waals surface area contributed by atoms with Gasteiger partial charge in [0.05, 0.1) is 0 Å². The third-order valence-electron chi connectivity index (χ3n) is 5.74. The molecule has 5 nitrogen and oxygen atoms in total. The Morgan fingerprint density at radius 3 is 2.34 bits per heavy atom. The molecule has 2 aromatic rings. The summed E-state index contributed by atoms with van der Waals surface area (Å²) in [4.78, 5) is 12.3. The molecule has 4 rings (SSSR count). The molecule has 2 aliphatic heterocycles. The monoisotopic (exact) mass is 405 g/mol. The van der Waals surface area contributed by atoms with E-state index in [4.69, 9.17) is 0 Å². The van der Waals surface area contributed by atoms with Gasteiger partial charge in [-0.05, 0) is 63.3 Å². The first-order chi connectivity index (χ1) is 13.9. The van der Waals surface area contributed by atoms with Crippen LogP contribution in [-0.4, -0.2) is 35.6 Å². The van der Waals surface area contributed by atoms with Crippen LogP contribution in [0.4, 0.5) is 36.3 Å². The number of aromatic nitrogens is 2. The Morgan fingerprint density at radius 2 is 1.72 bits per heavy atom. The van der Waals surface area contributed by atoms with Crippen molar-refractivity contribution in [3.05, 3.63) is 36.0 Å². The van der Waals surface area contributed by atoms with Crippen molar-refractivity contribution in [3.63, 3.8) is 0 Å². The zero-order chi connectivity index (χ0) is 20.4. The maximum Gasteiger partial charge on any atom is 0.421 e. The van der Waals surface area contributed by atoms with Gasteiger partial charge in [-0.2, -0.15) is 18.2 Å². The Kier molecular flexibility index (Phi) is 5.52. The molecular weight excluding hydrogens is 379 g/mol. The molecular formula is C21H26F3N5. The first-order valence-corrected chi connectivity index (χ1v) is 10.2. The molecule has 1 atom stereocenters. The quantitative estimate of drug-likeness (QED) is 0.756. The van der Waals surface area contributed by atoms with Crippen molar-refractivity contribution in [3.8, 4) is 0 Å². The summed E-state index contributed by atoms with van der Waals surface area (Å²) in [6.45, 7) is 4.63. The normalized spacial score (nSPS) is 20.2. The third kappa shape index (κ3) is 4.41. The second kappa shape index (κ2) is 8.08. The van der Waals surface area contributed by atoms with Crippen molar-refractivity contribution < 1.29 is 13.2 Å². The molecule has 2 fully saturated rings. The second-order valence-corrected chi connectivity index (χ2v) is 7.83. The maximum absolute atomic E-state index is 13.5. The fourth-order valence-electron chi connectivity index (χ4n) is 4.14. The van der Waals surface area contributed by atoms with Gasteiger partial charge in [0.15, 0.2) is 0 Å². The highest BCUT2D eigenvalue weighted by molar-refractivity contribution is 5.61. The van der Waals surface area contributed by atoms with Crippen molar-refractivity contribution in [2.75, 3.05) is 34.8 Å². The smallest absolute Gasteiger partial charge is 0.372 e.